The molecule has 4 heteroatoms. The predicted molar refractivity (Wildman–Crippen MR) is 75.2 cm³/mol. The Bertz CT molecular complexity index is 514. The van der Waals surface area contributed by atoms with Gasteiger partial charge >= 0.3 is 0 Å². The number of ether oxygens (including phenoxy) is 1. The molecule has 3 rings (SSSR count). The summed E-state index contributed by atoms with van der Waals surface area (Å²) in [6.07, 6.45) is 0.215. The summed E-state index contributed by atoms with van der Waals surface area (Å²) in [6, 6.07) is 14.3. The minimum Gasteiger partial charge on any atom is -0.362 e. The van der Waals surface area contributed by atoms with Gasteiger partial charge in [-0.1, -0.05) is 41.9 Å². The Labute approximate surface area is 116 Å². The van der Waals surface area contributed by atoms with E-state index in [-0.39, 0.29) is 12.2 Å². The molecule has 2 nitrogen and oxygen atoms in total. The smallest absolute Gasteiger partial charge is 0.105 e. The lowest BCUT2D eigenvalue weighted by atomic mass is 10.1. The van der Waals surface area contributed by atoms with E-state index in [1.54, 1.807) is 11.3 Å². The van der Waals surface area contributed by atoms with E-state index < -0.39 is 0 Å². The summed E-state index contributed by atoms with van der Waals surface area (Å²) < 4.78 is 6.98. The number of morpholine rings is 1. The van der Waals surface area contributed by atoms with Crippen LogP contribution >= 0.6 is 22.9 Å². The topological polar surface area (TPSA) is 21.3 Å². The van der Waals surface area contributed by atoms with Crippen LogP contribution in [0.4, 0.5) is 0 Å². The maximum absolute atomic E-state index is 6.16. The summed E-state index contributed by atoms with van der Waals surface area (Å²) >= 11 is 7.57. The van der Waals surface area contributed by atoms with Gasteiger partial charge in [-0.3, -0.25) is 0 Å². The molecule has 0 radical (unpaired) electrons. The van der Waals surface area contributed by atoms with Crippen molar-refractivity contribution in [1.29, 1.82) is 0 Å². The van der Waals surface area contributed by atoms with E-state index in [4.69, 9.17) is 16.3 Å². The fourth-order valence-corrected chi connectivity index (χ4v) is 3.27. The van der Waals surface area contributed by atoms with Crippen LogP contribution in [0.5, 0.6) is 0 Å². The molecule has 2 aromatic rings. The zero-order valence-corrected chi connectivity index (χ0v) is 11.4. The molecule has 0 spiro atoms. The van der Waals surface area contributed by atoms with Crippen molar-refractivity contribution in [3.63, 3.8) is 0 Å². The highest BCUT2D eigenvalue weighted by molar-refractivity contribution is 7.16. The van der Waals surface area contributed by atoms with Gasteiger partial charge in [0, 0.05) is 18.0 Å². The van der Waals surface area contributed by atoms with Crippen LogP contribution in [-0.4, -0.2) is 13.1 Å². The lowest BCUT2D eigenvalue weighted by molar-refractivity contribution is -0.0388. The average molecular weight is 280 g/mol. The van der Waals surface area contributed by atoms with Crippen molar-refractivity contribution in [2.45, 2.75) is 12.2 Å². The Morgan fingerprint density at radius 1 is 1.06 bits per heavy atom. The second kappa shape index (κ2) is 5.41. The van der Waals surface area contributed by atoms with Crippen LogP contribution in [0.15, 0.2) is 42.5 Å². The zero-order valence-electron chi connectivity index (χ0n) is 9.80. The fraction of sp³-hybridized carbons (Fsp3) is 0.286. The first kappa shape index (κ1) is 12.2. The van der Waals surface area contributed by atoms with Crippen molar-refractivity contribution in [3.05, 3.63) is 57.2 Å². The summed E-state index contributed by atoms with van der Waals surface area (Å²) in [7, 11) is 0. The average Bonchev–Trinajstić information content (AvgIpc) is 2.87. The van der Waals surface area contributed by atoms with Gasteiger partial charge in [-0.25, -0.2) is 0 Å². The SMILES string of the molecule is Clc1ccc(C2CNCC(c3ccccc3)O2)s1. The zero-order chi connectivity index (χ0) is 12.4. The molecule has 18 heavy (non-hydrogen) atoms. The van der Waals surface area contributed by atoms with E-state index >= 15 is 0 Å². The second-order valence-electron chi connectivity index (χ2n) is 4.32. The normalized spacial score (nSPS) is 24.1. The van der Waals surface area contributed by atoms with Gasteiger partial charge in [-0.05, 0) is 17.7 Å². The predicted octanol–water partition coefficient (Wildman–Crippen LogP) is 3.80. The summed E-state index contributed by atoms with van der Waals surface area (Å²) in [5.74, 6) is 0. The first-order valence-corrected chi connectivity index (χ1v) is 7.19. The van der Waals surface area contributed by atoms with E-state index in [1.165, 1.54) is 10.4 Å². The molecule has 1 saturated heterocycles. The van der Waals surface area contributed by atoms with E-state index in [2.05, 4.69) is 17.4 Å². The van der Waals surface area contributed by atoms with E-state index in [0.29, 0.717) is 0 Å². The largest absolute Gasteiger partial charge is 0.362 e. The van der Waals surface area contributed by atoms with Crippen LogP contribution < -0.4 is 5.32 Å². The Balaban J connectivity index is 1.76. The third kappa shape index (κ3) is 2.59. The van der Waals surface area contributed by atoms with Crippen molar-refractivity contribution in [1.82, 2.24) is 5.32 Å². The Hall–Kier alpha value is -0.870. The maximum Gasteiger partial charge on any atom is 0.105 e. The number of benzene rings is 1. The van der Waals surface area contributed by atoms with Crippen LogP contribution in [0, 0.1) is 0 Å². The Morgan fingerprint density at radius 3 is 2.56 bits per heavy atom. The fourth-order valence-electron chi connectivity index (χ4n) is 2.17. The molecule has 1 aliphatic rings. The molecule has 0 aliphatic carbocycles. The quantitative estimate of drug-likeness (QED) is 0.903. The monoisotopic (exact) mass is 279 g/mol. The summed E-state index contributed by atoms with van der Waals surface area (Å²) in [5, 5.41) is 3.43. The number of rotatable bonds is 2. The number of thiophene rings is 1. The van der Waals surface area contributed by atoms with Gasteiger partial charge in [-0.2, -0.15) is 0 Å². The molecule has 2 heterocycles. The van der Waals surface area contributed by atoms with Crippen molar-refractivity contribution in [2.24, 2.45) is 0 Å². The van der Waals surface area contributed by atoms with Crippen LogP contribution in [0.25, 0.3) is 0 Å². The third-order valence-corrected chi connectivity index (χ3v) is 4.39. The molecule has 0 amide bonds. The summed E-state index contributed by atoms with van der Waals surface area (Å²) in [6.45, 7) is 1.71. The van der Waals surface area contributed by atoms with Gasteiger partial charge in [0.15, 0.2) is 0 Å². The first-order chi connectivity index (χ1) is 8.83. The Kier molecular flexibility index (Phi) is 3.66. The van der Waals surface area contributed by atoms with E-state index in [9.17, 15) is 0 Å². The molecule has 1 N–H and O–H groups in total. The van der Waals surface area contributed by atoms with Gasteiger partial charge in [0.25, 0.3) is 0 Å². The van der Waals surface area contributed by atoms with E-state index in [0.717, 1.165) is 17.4 Å². The highest BCUT2D eigenvalue weighted by atomic mass is 35.5. The first-order valence-electron chi connectivity index (χ1n) is 5.99. The minimum absolute atomic E-state index is 0.0986. The molecule has 1 aromatic heterocycles. The molecule has 2 atom stereocenters. The standard InChI is InChI=1S/C14H14ClNOS/c15-14-7-6-13(18-14)12-9-16-8-11(17-12)10-4-2-1-3-5-10/h1-7,11-12,16H,8-9H2. The number of nitrogens with one attached hydrogen (secondary N) is 1. The van der Waals surface area contributed by atoms with Gasteiger partial charge in [0.1, 0.15) is 6.10 Å². The van der Waals surface area contributed by atoms with Crippen molar-refractivity contribution in [2.75, 3.05) is 13.1 Å². The van der Waals surface area contributed by atoms with Gasteiger partial charge in [0.2, 0.25) is 0 Å². The van der Waals surface area contributed by atoms with E-state index in [1.807, 2.05) is 30.3 Å². The van der Waals surface area contributed by atoms with Crippen molar-refractivity contribution < 1.29 is 4.74 Å². The van der Waals surface area contributed by atoms with Crippen LogP contribution in [0.3, 0.4) is 0 Å². The second-order valence-corrected chi connectivity index (χ2v) is 6.07. The maximum atomic E-state index is 6.16. The molecule has 1 aromatic carbocycles. The highest BCUT2D eigenvalue weighted by Gasteiger charge is 2.25. The molecule has 0 bridgehead atoms. The molecule has 1 aliphatic heterocycles. The molecule has 1 fully saturated rings. The molecular formula is C14H14ClNOS. The lowest BCUT2D eigenvalue weighted by Gasteiger charge is -2.30. The molecule has 2 unspecified atom stereocenters. The van der Waals surface area contributed by atoms with Gasteiger partial charge < -0.3 is 10.1 Å². The molecule has 0 saturated carbocycles. The van der Waals surface area contributed by atoms with Crippen LogP contribution in [0.1, 0.15) is 22.6 Å². The van der Waals surface area contributed by atoms with Crippen molar-refractivity contribution in [3.8, 4) is 0 Å². The molecular weight excluding hydrogens is 266 g/mol. The third-order valence-electron chi connectivity index (χ3n) is 3.07. The summed E-state index contributed by atoms with van der Waals surface area (Å²) in [4.78, 5) is 1.19. The molecule has 94 valence electrons. The highest BCUT2D eigenvalue weighted by Crippen LogP contribution is 2.34. The van der Waals surface area contributed by atoms with Crippen LogP contribution in [0.2, 0.25) is 4.34 Å². The summed E-state index contributed by atoms with van der Waals surface area (Å²) in [5.41, 5.74) is 1.22. The van der Waals surface area contributed by atoms with Crippen LogP contribution in [-0.2, 0) is 4.74 Å². The number of halogens is 1. The lowest BCUT2D eigenvalue weighted by Crippen LogP contribution is -2.35. The Morgan fingerprint density at radius 2 is 1.83 bits per heavy atom. The van der Waals surface area contributed by atoms with Gasteiger partial charge in [-0.15, -0.1) is 11.3 Å². The van der Waals surface area contributed by atoms with Crippen molar-refractivity contribution >= 4 is 22.9 Å². The number of hydrogen-bond donors (Lipinski definition) is 1. The number of hydrogen-bond acceptors (Lipinski definition) is 3. The van der Waals surface area contributed by atoms with Gasteiger partial charge in [0.05, 0.1) is 10.4 Å². The minimum atomic E-state index is 0.0986.